The second-order valence-corrected chi connectivity index (χ2v) is 9.94. The van der Waals surface area contributed by atoms with Gasteiger partial charge in [-0.3, -0.25) is 29.8 Å². The number of piperidine rings is 1. The summed E-state index contributed by atoms with van der Waals surface area (Å²) in [6.45, 7) is 0.183. The Kier molecular flexibility index (Phi) is 5.97. The summed E-state index contributed by atoms with van der Waals surface area (Å²) in [4.78, 5) is 59.9. The maximum absolute atomic E-state index is 13.1. The van der Waals surface area contributed by atoms with Crippen LogP contribution in [0.25, 0.3) is 0 Å². The number of fused-ring (bicyclic) bond motifs is 1. The summed E-state index contributed by atoms with van der Waals surface area (Å²) in [5, 5.41) is 5.01. The van der Waals surface area contributed by atoms with E-state index in [4.69, 9.17) is 9.47 Å². The highest BCUT2D eigenvalue weighted by molar-refractivity contribution is 6.07. The van der Waals surface area contributed by atoms with Gasteiger partial charge in [0, 0.05) is 24.1 Å². The van der Waals surface area contributed by atoms with E-state index in [0.29, 0.717) is 28.5 Å². The number of carbonyl (C=O) groups excluding carboxylic acids is 4. The van der Waals surface area contributed by atoms with E-state index < -0.39 is 17.9 Å². The number of ether oxygens (including phenoxy) is 2. The van der Waals surface area contributed by atoms with Crippen molar-refractivity contribution in [3.05, 3.63) is 41.0 Å². The number of carbonyl (C=O) groups is 4. The fourth-order valence-electron chi connectivity index (χ4n) is 4.79. The summed E-state index contributed by atoms with van der Waals surface area (Å²) in [5.41, 5.74) is 1.40. The van der Waals surface area contributed by atoms with Crippen molar-refractivity contribution in [3.8, 4) is 11.8 Å². The molecule has 2 aromatic rings. The third-order valence-corrected chi connectivity index (χ3v) is 7.37. The predicted octanol–water partition coefficient (Wildman–Crippen LogP) is 2.35. The molecule has 4 aliphatic rings. The molecule has 11 nitrogen and oxygen atoms in total. The maximum atomic E-state index is 13.1. The predicted molar refractivity (Wildman–Crippen MR) is 129 cm³/mol. The zero-order chi connectivity index (χ0) is 25.5. The topological polar surface area (TPSA) is 140 Å². The van der Waals surface area contributed by atoms with Gasteiger partial charge in [0.1, 0.15) is 18.2 Å². The number of hydrogen-bond acceptors (Lipinski definition) is 8. The van der Waals surface area contributed by atoms with Crippen LogP contribution in [0.15, 0.2) is 24.3 Å². The Balaban J connectivity index is 1.18. The van der Waals surface area contributed by atoms with Crippen LogP contribution in [0.5, 0.6) is 11.8 Å². The Morgan fingerprint density at radius 2 is 1.62 bits per heavy atom. The smallest absolute Gasteiger partial charge is 0.258 e. The molecule has 1 atom stereocenters. The average Bonchev–Trinajstić information content (AvgIpc) is 3.14. The molecule has 1 saturated heterocycles. The van der Waals surface area contributed by atoms with E-state index in [9.17, 15) is 19.2 Å². The Labute approximate surface area is 212 Å². The first-order valence-corrected chi connectivity index (χ1v) is 12.7. The van der Waals surface area contributed by atoms with Crippen LogP contribution in [0.4, 0.5) is 5.95 Å². The van der Waals surface area contributed by atoms with Gasteiger partial charge in [0.2, 0.25) is 29.5 Å². The molecular formula is C26H27N5O6. The van der Waals surface area contributed by atoms with E-state index in [1.165, 1.54) is 4.90 Å². The minimum atomic E-state index is -0.712. The van der Waals surface area contributed by atoms with Crippen molar-refractivity contribution in [2.75, 3.05) is 5.32 Å². The minimum absolute atomic E-state index is 0.0814. The molecule has 1 unspecified atom stereocenters. The van der Waals surface area contributed by atoms with E-state index in [0.717, 1.165) is 38.5 Å². The van der Waals surface area contributed by atoms with Gasteiger partial charge in [-0.15, -0.1) is 0 Å². The molecule has 0 spiro atoms. The van der Waals surface area contributed by atoms with Gasteiger partial charge in [-0.2, -0.15) is 9.97 Å². The van der Waals surface area contributed by atoms with Gasteiger partial charge in [0.15, 0.2) is 0 Å². The SMILES string of the molecule is O=C1CCC(N2Cc3cc(C(=O)Nc4nc(OC5CCC5)cc(OC5CCC5)n4)ccc3C2=O)C(=O)N1. The number of nitrogens with one attached hydrogen (secondary N) is 2. The van der Waals surface area contributed by atoms with Crippen LogP contribution >= 0.6 is 0 Å². The number of amides is 4. The van der Waals surface area contributed by atoms with Crippen LogP contribution in [0.1, 0.15) is 77.6 Å². The fourth-order valence-corrected chi connectivity index (χ4v) is 4.79. The van der Waals surface area contributed by atoms with Gasteiger partial charge in [0.05, 0.1) is 6.07 Å². The zero-order valence-corrected chi connectivity index (χ0v) is 20.2. The largest absolute Gasteiger partial charge is 0.474 e. The molecule has 0 radical (unpaired) electrons. The van der Waals surface area contributed by atoms with Crippen LogP contribution in [0.2, 0.25) is 0 Å². The summed E-state index contributed by atoms with van der Waals surface area (Å²) < 4.78 is 11.9. The molecule has 2 aliphatic heterocycles. The molecule has 2 saturated carbocycles. The second kappa shape index (κ2) is 9.45. The number of nitrogens with zero attached hydrogens (tertiary/aromatic N) is 3. The normalized spacial score (nSPS) is 21.6. The van der Waals surface area contributed by atoms with E-state index in [1.807, 2.05) is 0 Å². The molecule has 192 valence electrons. The zero-order valence-electron chi connectivity index (χ0n) is 20.2. The van der Waals surface area contributed by atoms with E-state index >= 15 is 0 Å². The third-order valence-electron chi connectivity index (χ3n) is 7.37. The number of anilines is 1. The van der Waals surface area contributed by atoms with Gasteiger partial charge in [0.25, 0.3) is 11.8 Å². The summed E-state index contributed by atoms with van der Waals surface area (Å²) >= 11 is 0. The van der Waals surface area contributed by atoms with Crippen molar-refractivity contribution in [1.82, 2.24) is 20.2 Å². The minimum Gasteiger partial charge on any atom is -0.474 e. The number of imide groups is 1. The van der Waals surface area contributed by atoms with Gasteiger partial charge in [-0.25, -0.2) is 0 Å². The van der Waals surface area contributed by atoms with Gasteiger partial charge in [-0.05, 0) is 68.7 Å². The monoisotopic (exact) mass is 505 g/mol. The molecule has 6 rings (SSSR count). The number of hydrogen-bond donors (Lipinski definition) is 2. The van der Waals surface area contributed by atoms with Gasteiger partial charge >= 0.3 is 0 Å². The van der Waals surface area contributed by atoms with E-state index in [1.54, 1.807) is 24.3 Å². The van der Waals surface area contributed by atoms with E-state index in [-0.39, 0.29) is 49.4 Å². The number of benzene rings is 1. The maximum Gasteiger partial charge on any atom is 0.258 e. The number of aromatic nitrogens is 2. The Morgan fingerprint density at radius 3 is 2.22 bits per heavy atom. The summed E-state index contributed by atoms with van der Waals surface area (Å²) in [7, 11) is 0. The molecule has 4 amide bonds. The van der Waals surface area contributed by atoms with Crippen LogP contribution in [-0.2, 0) is 16.1 Å². The van der Waals surface area contributed by atoms with Gasteiger partial charge < -0.3 is 14.4 Å². The molecule has 3 heterocycles. The van der Waals surface area contributed by atoms with Crippen LogP contribution in [-0.4, -0.2) is 56.7 Å². The standard InChI is InChI=1S/C26H27N5O6/c32-20-10-9-19(24(34)27-20)31-13-15-11-14(7-8-18(15)25(31)35)23(33)30-26-28-21(36-16-3-1-4-16)12-22(29-26)37-17-5-2-6-17/h7-8,11-12,16-17,19H,1-6,9-10,13H2,(H,27,32,34)(H,28,29,30,33). The lowest BCUT2D eigenvalue weighted by Gasteiger charge is -2.29. The van der Waals surface area contributed by atoms with Crippen molar-refractivity contribution >= 4 is 29.6 Å². The van der Waals surface area contributed by atoms with Crippen molar-refractivity contribution in [1.29, 1.82) is 0 Å². The second-order valence-electron chi connectivity index (χ2n) is 9.94. The van der Waals surface area contributed by atoms with Crippen molar-refractivity contribution in [2.45, 2.75) is 76.2 Å². The lowest BCUT2D eigenvalue weighted by Crippen LogP contribution is -2.52. The average molecular weight is 506 g/mol. The third kappa shape index (κ3) is 4.73. The molecule has 37 heavy (non-hydrogen) atoms. The molecule has 11 heteroatoms. The Hall–Kier alpha value is -4.02. The molecular weight excluding hydrogens is 478 g/mol. The molecule has 1 aromatic carbocycles. The molecule has 3 fully saturated rings. The summed E-state index contributed by atoms with van der Waals surface area (Å²) in [6.07, 6.45) is 6.78. The first-order valence-electron chi connectivity index (χ1n) is 12.7. The van der Waals surface area contributed by atoms with Crippen molar-refractivity contribution in [2.24, 2.45) is 0 Å². The van der Waals surface area contributed by atoms with Gasteiger partial charge in [-0.1, -0.05) is 0 Å². The lowest BCUT2D eigenvalue weighted by molar-refractivity contribution is -0.136. The number of rotatable bonds is 7. The first-order chi connectivity index (χ1) is 17.9. The van der Waals surface area contributed by atoms with Crippen LogP contribution < -0.4 is 20.1 Å². The molecule has 0 bridgehead atoms. The highest BCUT2D eigenvalue weighted by Gasteiger charge is 2.39. The highest BCUT2D eigenvalue weighted by Crippen LogP contribution is 2.31. The molecule has 1 aromatic heterocycles. The highest BCUT2D eigenvalue weighted by atomic mass is 16.5. The lowest BCUT2D eigenvalue weighted by atomic mass is 9.96. The summed E-state index contributed by atoms with van der Waals surface area (Å²) in [6, 6.07) is 5.73. The van der Waals surface area contributed by atoms with Crippen molar-refractivity contribution < 1.29 is 28.7 Å². The fraction of sp³-hybridized carbons (Fsp3) is 0.462. The Bertz CT molecular complexity index is 1250. The van der Waals surface area contributed by atoms with E-state index in [2.05, 4.69) is 20.6 Å². The Morgan fingerprint density at radius 1 is 0.946 bits per heavy atom. The molecule has 2 N–H and O–H groups in total. The van der Waals surface area contributed by atoms with Crippen molar-refractivity contribution in [3.63, 3.8) is 0 Å². The first kappa shape index (κ1) is 23.4. The van der Waals surface area contributed by atoms with Crippen LogP contribution in [0.3, 0.4) is 0 Å². The molecule has 2 aliphatic carbocycles. The summed E-state index contributed by atoms with van der Waals surface area (Å²) in [5.74, 6) is -0.736. The van der Waals surface area contributed by atoms with Crippen LogP contribution in [0, 0.1) is 0 Å². The quantitative estimate of drug-likeness (QED) is 0.547.